The minimum absolute atomic E-state index is 0.115. The lowest BCUT2D eigenvalue weighted by Gasteiger charge is -2.09. The monoisotopic (exact) mass is 320 g/mol. The average Bonchev–Trinajstić information content (AvgIpc) is 3.13. The fourth-order valence-electron chi connectivity index (χ4n) is 2.43. The number of benzene rings is 2. The molecule has 3 rings (SSSR count). The number of rotatable bonds is 7. The lowest BCUT2D eigenvalue weighted by molar-refractivity contribution is 0.0947. The number of carbonyl (C=O) groups is 1. The van der Waals surface area contributed by atoms with Crippen molar-refractivity contribution in [2.24, 2.45) is 0 Å². The van der Waals surface area contributed by atoms with E-state index < -0.39 is 0 Å². The van der Waals surface area contributed by atoms with E-state index in [-0.39, 0.29) is 5.91 Å². The van der Waals surface area contributed by atoms with Crippen LogP contribution >= 0.6 is 0 Å². The van der Waals surface area contributed by atoms with Crippen LogP contribution in [0.1, 0.15) is 16.9 Å². The van der Waals surface area contributed by atoms with Crippen molar-refractivity contribution in [1.82, 2.24) is 14.9 Å². The molecule has 0 saturated heterocycles. The molecule has 1 heterocycles. The average molecular weight is 320 g/mol. The van der Waals surface area contributed by atoms with Crippen molar-refractivity contribution in [2.75, 3.05) is 18.4 Å². The third-order valence-corrected chi connectivity index (χ3v) is 3.65. The molecule has 122 valence electrons. The molecule has 3 aromatic rings. The molecule has 0 atom stereocenters. The Kier molecular flexibility index (Phi) is 5.24. The van der Waals surface area contributed by atoms with E-state index in [0.29, 0.717) is 12.2 Å². The van der Waals surface area contributed by atoms with E-state index in [1.54, 1.807) is 17.1 Å². The van der Waals surface area contributed by atoms with Crippen LogP contribution in [0.4, 0.5) is 5.69 Å². The first kappa shape index (κ1) is 15.8. The Morgan fingerprint density at radius 2 is 1.67 bits per heavy atom. The van der Waals surface area contributed by atoms with Gasteiger partial charge in [-0.05, 0) is 30.7 Å². The van der Waals surface area contributed by atoms with Gasteiger partial charge in [-0.2, -0.15) is 0 Å². The van der Waals surface area contributed by atoms with Gasteiger partial charge < -0.3 is 10.6 Å². The molecule has 2 aromatic carbocycles. The zero-order chi connectivity index (χ0) is 16.6. The van der Waals surface area contributed by atoms with E-state index in [4.69, 9.17) is 0 Å². The molecular weight excluding hydrogens is 300 g/mol. The van der Waals surface area contributed by atoms with Crippen LogP contribution in [0.3, 0.4) is 0 Å². The maximum Gasteiger partial charge on any atom is 0.269 e. The van der Waals surface area contributed by atoms with E-state index in [9.17, 15) is 4.79 Å². The van der Waals surface area contributed by atoms with Crippen LogP contribution in [0.15, 0.2) is 73.2 Å². The molecule has 5 heteroatoms. The van der Waals surface area contributed by atoms with Gasteiger partial charge in [-0.1, -0.05) is 36.4 Å². The number of nitrogens with zero attached hydrogens (tertiary/aromatic N) is 2. The Hall–Kier alpha value is -3.08. The van der Waals surface area contributed by atoms with Crippen molar-refractivity contribution in [1.29, 1.82) is 0 Å². The van der Waals surface area contributed by atoms with Crippen molar-refractivity contribution in [3.8, 4) is 5.69 Å². The fourth-order valence-corrected chi connectivity index (χ4v) is 2.43. The second-order valence-electron chi connectivity index (χ2n) is 5.39. The van der Waals surface area contributed by atoms with Crippen LogP contribution in [-0.2, 0) is 0 Å². The van der Waals surface area contributed by atoms with Gasteiger partial charge in [-0.3, -0.25) is 9.36 Å². The predicted molar refractivity (Wildman–Crippen MR) is 95.4 cm³/mol. The highest BCUT2D eigenvalue weighted by Gasteiger charge is 2.12. The Morgan fingerprint density at radius 3 is 2.42 bits per heavy atom. The summed E-state index contributed by atoms with van der Waals surface area (Å²) in [4.78, 5) is 16.4. The van der Waals surface area contributed by atoms with Crippen LogP contribution in [0.25, 0.3) is 5.69 Å². The van der Waals surface area contributed by atoms with Crippen LogP contribution in [0.2, 0.25) is 0 Å². The van der Waals surface area contributed by atoms with Gasteiger partial charge in [0.05, 0.1) is 12.5 Å². The molecule has 0 saturated carbocycles. The normalized spacial score (nSPS) is 10.3. The summed E-state index contributed by atoms with van der Waals surface area (Å²) in [5.41, 5.74) is 2.55. The molecule has 1 amide bonds. The first-order valence-corrected chi connectivity index (χ1v) is 7.99. The first-order valence-electron chi connectivity index (χ1n) is 7.99. The highest BCUT2D eigenvalue weighted by Crippen LogP contribution is 2.10. The minimum atomic E-state index is -0.115. The highest BCUT2D eigenvalue weighted by atomic mass is 16.1. The molecule has 0 spiro atoms. The van der Waals surface area contributed by atoms with E-state index in [1.807, 2.05) is 60.7 Å². The number of hydrogen-bond donors (Lipinski definition) is 2. The van der Waals surface area contributed by atoms with Gasteiger partial charge in [0.15, 0.2) is 0 Å². The number of carbonyl (C=O) groups excluding carboxylic acids is 1. The van der Waals surface area contributed by atoms with Gasteiger partial charge in [-0.15, -0.1) is 0 Å². The summed E-state index contributed by atoms with van der Waals surface area (Å²) in [6.07, 6.45) is 4.09. The van der Waals surface area contributed by atoms with Gasteiger partial charge in [0, 0.05) is 24.5 Å². The summed E-state index contributed by atoms with van der Waals surface area (Å²) in [6.45, 7) is 1.42. The molecular formula is C19H20N4O. The van der Waals surface area contributed by atoms with Gasteiger partial charge in [-0.25, -0.2) is 4.98 Å². The van der Waals surface area contributed by atoms with E-state index in [2.05, 4.69) is 15.6 Å². The van der Waals surface area contributed by atoms with Gasteiger partial charge in [0.2, 0.25) is 0 Å². The standard InChI is InChI=1S/C19H20N4O/c24-19(22-13-7-12-21-16-8-3-1-4-9-16)18-14-20-15-23(18)17-10-5-2-6-11-17/h1-6,8-11,14-15,21H,7,12-13H2,(H,22,24). The van der Waals surface area contributed by atoms with Gasteiger partial charge in [0.1, 0.15) is 5.69 Å². The van der Waals surface area contributed by atoms with Crippen molar-refractivity contribution >= 4 is 11.6 Å². The molecule has 0 radical (unpaired) electrons. The Morgan fingerprint density at radius 1 is 0.958 bits per heavy atom. The first-order chi connectivity index (χ1) is 11.8. The molecule has 0 aliphatic heterocycles. The number of aromatic nitrogens is 2. The summed E-state index contributed by atoms with van der Waals surface area (Å²) >= 11 is 0. The number of imidazole rings is 1. The summed E-state index contributed by atoms with van der Waals surface area (Å²) < 4.78 is 1.79. The highest BCUT2D eigenvalue weighted by molar-refractivity contribution is 5.92. The third-order valence-electron chi connectivity index (χ3n) is 3.65. The largest absolute Gasteiger partial charge is 0.385 e. The van der Waals surface area contributed by atoms with Crippen LogP contribution in [-0.4, -0.2) is 28.5 Å². The third kappa shape index (κ3) is 4.01. The zero-order valence-electron chi connectivity index (χ0n) is 13.4. The number of anilines is 1. The van der Waals surface area contributed by atoms with Crippen LogP contribution in [0.5, 0.6) is 0 Å². The number of amides is 1. The van der Waals surface area contributed by atoms with Gasteiger partial charge in [0.25, 0.3) is 5.91 Å². The minimum Gasteiger partial charge on any atom is -0.385 e. The lowest BCUT2D eigenvalue weighted by atomic mass is 10.3. The number of para-hydroxylation sites is 2. The molecule has 0 aliphatic carbocycles. The van der Waals surface area contributed by atoms with Crippen molar-refractivity contribution in [2.45, 2.75) is 6.42 Å². The topological polar surface area (TPSA) is 59.0 Å². The molecule has 0 unspecified atom stereocenters. The molecule has 0 bridgehead atoms. The Bertz CT molecular complexity index is 768. The maximum absolute atomic E-state index is 12.3. The second kappa shape index (κ2) is 7.97. The molecule has 24 heavy (non-hydrogen) atoms. The molecule has 0 fully saturated rings. The summed E-state index contributed by atoms with van der Waals surface area (Å²) in [5, 5.41) is 6.26. The molecule has 0 aliphatic rings. The number of nitrogens with one attached hydrogen (secondary N) is 2. The summed E-state index contributed by atoms with van der Waals surface area (Å²) in [7, 11) is 0. The van der Waals surface area contributed by atoms with Crippen LogP contribution in [0, 0.1) is 0 Å². The van der Waals surface area contributed by atoms with Crippen molar-refractivity contribution in [3.63, 3.8) is 0 Å². The van der Waals surface area contributed by atoms with E-state index in [1.165, 1.54) is 0 Å². The van der Waals surface area contributed by atoms with Gasteiger partial charge >= 0.3 is 0 Å². The smallest absolute Gasteiger partial charge is 0.269 e. The summed E-state index contributed by atoms with van der Waals surface area (Å²) in [5.74, 6) is -0.115. The zero-order valence-corrected chi connectivity index (χ0v) is 13.4. The van der Waals surface area contributed by atoms with Crippen molar-refractivity contribution in [3.05, 3.63) is 78.9 Å². The van der Waals surface area contributed by atoms with E-state index in [0.717, 1.165) is 24.3 Å². The van der Waals surface area contributed by atoms with E-state index >= 15 is 0 Å². The quantitative estimate of drug-likeness (QED) is 0.658. The molecule has 2 N–H and O–H groups in total. The molecule has 1 aromatic heterocycles. The van der Waals surface area contributed by atoms with Crippen LogP contribution < -0.4 is 10.6 Å². The Labute approximate surface area is 141 Å². The predicted octanol–water partition coefficient (Wildman–Crippen LogP) is 3.10. The number of hydrogen-bond acceptors (Lipinski definition) is 3. The SMILES string of the molecule is O=C(NCCCNc1ccccc1)c1cncn1-c1ccccc1. The Balaban J connectivity index is 1.49. The molecule has 5 nitrogen and oxygen atoms in total. The summed E-state index contributed by atoms with van der Waals surface area (Å²) in [6, 6.07) is 19.7. The van der Waals surface area contributed by atoms with Crippen molar-refractivity contribution < 1.29 is 4.79 Å². The fraction of sp³-hybridized carbons (Fsp3) is 0.158. The lowest BCUT2D eigenvalue weighted by Crippen LogP contribution is -2.27. The second-order valence-corrected chi connectivity index (χ2v) is 5.39. The maximum atomic E-state index is 12.3.